The second kappa shape index (κ2) is 8.92. The molecule has 0 aliphatic heterocycles. The molecular weight excluding hydrogens is 316 g/mol. The first kappa shape index (κ1) is 18.6. The number of phenols is 2. The first-order valence-electron chi connectivity index (χ1n) is 8.55. The molecule has 0 aromatic heterocycles. The van der Waals surface area contributed by atoms with Crippen molar-refractivity contribution in [3.05, 3.63) is 59.2 Å². The number of ketones is 1. The first-order valence-corrected chi connectivity index (χ1v) is 8.55. The van der Waals surface area contributed by atoms with E-state index in [1.165, 1.54) is 18.2 Å². The zero-order valence-electron chi connectivity index (χ0n) is 14.7. The summed E-state index contributed by atoms with van der Waals surface area (Å²) in [5.74, 6) is 0.744. The molecule has 25 heavy (non-hydrogen) atoms. The zero-order chi connectivity index (χ0) is 18.2. The summed E-state index contributed by atoms with van der Waals surface area (Å²) >= 11 is 0. The summed E-state index contributed by atoms with van der Waals surface area (Å²) in [5, 5.41) is 19.4. The van der Waals surface area contributed by atoms with E-state index in [4.69, 9.17) is 4.74 Å². The lowest BCUT2D eigenvalue weighted by molar-refractivity contribution is 0.104. The second-order valence-corrected chi connectivity index (χ2v) is 5.86. The minimum Gasteiger partial charge on any atom is -0.508 e. The van der Waals surface area contributed by atoms with Gasteiger partial charge in [-0.2, -0.15) is 0 Å². The first-order chi connectivity index (χ1) is 12.0. The second-order valence-electron chi connectivity index (χ2n) is 5.86. The van der Waals surface area contributed by atoms with E-state index in [0.717, 1.165) is 30.4 Å². The molecule has 0 spiro atoms. The van der Waals surface area contributed by atoms with Crippen molar-refractivity contribution in [3.63, 3.8) is 0 Å². The van der Waals surface area contributed by atoms with Crippen molar-refractivity contribution in [3.8, 4) is 17.2 Å². The number of hydrogen-bond acceptors (Lipinski definition) is 4. The number of ether oxygens (including phenoxy) is 1. The van der Waals surface area contributed by atoms with Gasteiger partial charge in [-0.25, -0.2) is 0 Å². The Balaban J connectivity index is 2.29. The summed E-state index contributed by atoms with van der Waals surface area (Å²) in [7, 11) is 0. The van der Waals surface area contributed by atoms with E-state index in [9.17, 15) is 15.0 Å². The van der Waals surface area contributed by atoms with E-state index in [0.29, 0.717) is 17.9 Å². The molecule has 0 amide bonds. The number of phenolic OH excluding ortho intramolecular Hbond substituents is 2. The third kappa shape index (κ3) is 5.11. The molecule has 0 unspecified atom stereocenters. The highest BCUT2D eigenvalue weighted by molar-refractivity contribution is 6.07. The monoisotopic (exact) mass is 340 g/mol. The molecule has 4 nitrogen and oxygen atoms in total. The summed E-state index contributed by atoms with van der Waals surface area (Å²) < 4.78 is 5.70. The molecule has 0 heterocycles. The molecule has 0 fully saturated rings. The van der Waals surface area contributed by atoms with Crippen molar-refractivity contribution in [1.82, 2.24) is 0 Å². The van der Waals surface area contributed by atoms with Crippen LogP contribution in [-0.4, -0.2) is 22.6 Å². The Morgan fingerprint density at radius 1 is 1.08 bits per heavy atom. The van der Waals surface area contributed by atoms with E-state index in [2.05, 4.69) is 0 Å². The van der Waals surface area contributed by atoms with Gasteiger partial charge in [0, 0.05) is 17.2 Å². The van der Waals surface area contributed by atoms with Crippen LogP contribution in [0, 0.1) is 0 Å². The molecule has 0 saturated carbocycles. The topological polar surface area (TPSA) is 66.8 Å². The summed E-state index contributed by atoms with van der Waals surface area (Å²) in [6.45, 7) is 4.60. The quantitative estimate of drug-likeness (QED) is 0.538. The van der Waals surface area contributed by atoms with Crippen LogP contribution in [0.2, 0.25) is 0 Å². The van der Waals surface area contributed by atoms with Gasteiger partial charge in [0.25, 0.3) is 0 Å². The molecule has 2 aromatic rings. The van der Waals surface area contributed by atoms with Gasteiger partial charge < -0.3 is 14.9 Å². The Bertz CT molecular complexity index is 745. The molecule has 0 saturated heterocycles. The van der Waals surface area contributed by atoms with Gasteiger partial charge in [-0.15, -0.1) is 0 Å². The molecule has 2 aromatic carbocycles. The third-order valence-corrected chi connectivity index (χ3v) is 3.76. The normalized spacial score (nSPS) is 11.0. The molecular formula is C21H24O4. The van der Waals surface area contributed by atoms with Crippen LogP contribution in [-0.2, 0) is 6.42 Å². The van der Waals surface area contributed by atoms with Crippen LogP contribution in [0.3, 0.4) is 0 Å². The van der Waals surface area contributed by atoms with Gasteiger partial charge in [-0.05, 0) is 60.9 Å². The fourth-order valence-electron chi connectivity index (χ4n) is 2.46. The lowest BCUT2D eigenvalue weighted by Gasteiger charge is -2.12. The zero-order valence-corrected chi connectivity index (χ0v) is 14.7. The molecule has 2 N–H and O–H groups in total. The minimum absolute atomic E-state index is 0.124. The molecule has 0 atom stereocenters. The van der Waals surface area contributed by atoms with E-state index in [-0.39, 0.29) is 17.3 Å². The van der Waals surface area contributed by atoms with Gasteiger partial charge in [0.1, 0.15) is 17.2 Å². The summed E-state index contributed by atoms with van der Waals surface area (Å²) in [6.07, 6.45) is 5.71. The summed E-state index contributed by atoms with van der Waals surface area (Å²) in [6, 6.07) is 9.61. The molecule has 132 valence electrons. The van der Waals surface area contributed by atoms with Crippen LogP contribution in [0.15, 0.2) is 42.5 Å². The van der Waals surface area contributed by atoms with Gasteiger partial charge >= 0.3 is 0 Å². The summed E-state index contributed by atoms with van der Waals surface area (Å²) in [4.78, 5) is 12.3. The van der Waals surface area contributed by atoms with Crippen molar-refractivity contribution in [2.45, 2.75) is 33.1 Å². The Hall–Kier alpha value is -2.75. The number of benzene rings is 2. The highest BCUT2D eigenvalue weighted by Crippen LogP contribution is 2.30. The number of carbonyl (C=O) groups excluding carboxylic acids is 1. The van der Waals surface area contributed by atoms with Crippen LogP contribution in [0.4, 0.5) is 0 Å². The Kier molecular flexibility index (Phi) is 6.63. The number of rotatable bonds is 8. The number of carbonyl (C=O) groups is 1. The maximum atomic E-state index is 12.3. The van der Waals surface area contributed by atoms with E-state index in [1.54, 1.807) is 24.3 Å². The van der Waals surface area contributed by atoms with Crippen LogP contribution >= 0.6 is 0 Å². The van der Waals surface area contributed by atoms with Crippen LogP contribution in [0.5, 0.6) is 17.2 Å². The molecule has 0 bridgehead atoms. The average molecular weight is 340 g/mol. The molecule has 0 aliphatic rings. The van der Waals surface area contributed by atoms with Crippen LogP contribution in [0.1, 0.15) is 48.2 Å². The Morgan fingerprint density at radius 2 is 1.80 bits per heavy atom. The number of aromatic hydroxyl groups is 2. The number of allylic oxidation sites excluding steroid dienone is 1. The molecule has 0 aliphatic carbocycles. The largest absolute Gasteiger partial charge is 0.508 e. The third-order valence-electron chi connectivity index (χ3n) is 3.76. The van der Waals surface area contributed by atoms with Gasteiger partial charge in [0.05, 0.1) is 6.61 Å². The van der Waals surface area contributed by atoms with E-state index < -0.39 is 0 Å². The molecule has 4 heteroatoms. The number of aryl methyl sites for hydroxylation is 1. The van der Waals surface area contributed by atoms with E-state index >= 15 is 0 Å². The van der Waals surface area contributed by atoms with Crippen LogP contribution < -0.4 is 4.74 Å². The summed E-state index contributed by atoms with van der Waals surface area (Å²) in [5.41, 5.74) is 2.10. The molecule has 0 radical (unpaired) electrons. The standard InChI is InChI=1S/C21H24O4/c1-3-5-16-13-17(21(14-20(16)24)25-12-4-2)8-11-19(23)15-6-9-18(22)10-7-15/h6-11,13-14,22,24H,3-5,12H2,1-2H3. The van der Waals surface area contributed by atoms with Gasteiger partial charge in [0.15, 0.2) is 5.78 Å². The van der Waals surface area contributed by atoms with Gasteiger partial charge in [-0.1, -0.05) is 20.3 Å². The average Bonchev–Trinajstić information content (AvgIpc) is 2.61. The Morgan fingerprint density at radius 3 is 2.44 bits per heavy atom. The highest BCUT2D eigenvalue weighted by Gasteiger charge is 2.09. The SMILES string of the molecule is CCCOc1cc(O)c(CCC)cc1C=CC(=O)c1ccc(O)cc1. The number of hydrogen-bond donors (Lipinski definition) is 2. The van der Waals surface area contributed by atoms with Crippen molar-refractivity contribution < 1.29 is 19.7 Å². The smallest absolute Gasteiger partial charge is 0.185 e. The van der Waals surface area contributed by atoms with Crippen molar-refractivity contribution >= 4 is 11.9 Å². The van der Waals surface area contributed by atoms with Crippen LogP contribution in [0.25, 0.3) is 6.08 Å². The predicted molar refractivity (Wildman–Crippen MR) is 99.4 cm³/mol. The maximum Gasteiger partial charge on any atom is 0.185 e. The molecule has 2 rings (SSSR count). The van der Waals surface area contributed by atoms with Crippen molar-refractivity contribution in [2.75, 3.05) is 6.61 Å². The maximum absolute atomic E-state index is 12.3. The van der Waals surface area contributed by atoms with Gasteiger partial charge in [0.2, 0.25) is 0 Å². The fourth-order valence-corrected chi connectivity index (χ4v) is 2.46. The van der Waals surface area contributed by atoms with E-state index in [1.807, 2.05) is 19.9 Å². The van der Waals surface area contributed by atoms with Crippen molar-refractivity contribution in [1.29, 1.82) is 0 Å². The lowest BCUT2D eigenvalue weighted by Crippen LogP contribution is -1.99. The van der Waals surface area contributed by atoms with Crippen molar-refractivity contribution in [2.24, 2.45) is 0 Å². The Labute approximate surface area is 148 Å². The minimum atomic E-state index is -0.161. The van der Waals surface area contributed by atoms with Gasteiger partial charge in [-0.3, -0.25) is 4.79 Å². The lowest BCUT2D eigenvalue weighted by atomic mass is 10.0. The fraction of sp³-hybridized carbons (Fsp3) is 0.286. The predicted octanol–water partition coefficient (Wildman–Crippen LogP) is 4.74. The highest BCUT2D eigenvalue weighted by atomic mass is 16.5.